The van der Waals surface area contributed by atoms with Gasteiger partial charge in [0.2, 0.25) is 0 Å². The summed E-state index contributed by atoms with van der Waals surface area (Å²) < 4.78 is 5.18. The molecule has 0 atom stereocenters. The highest BCUT2D eigenvalue weighted by Gasteiger charge is 2.22. The standard InChI is InChI=1S/C18H25N3O3S2/c1-3-24-18(23)15-12(2)14-16(25-10-9-22)19-13(20-17(14)26-15)11-21-7-5-4-6-8-21/h22H,3-11H2,1-2H3. The first kappa shape index (κ1) is 19.5. The van der Waals surface area contributed by atoms with Crippen LogP contribution < -0.4 is 0 Å². The SMILES string of the molecule is CCOC(=O)c1sc2nc(CN3CCCCC3)nc(SCCO)c2c1C. The molecule has 0 amide bonds. The van der Waals surface area contributed by atoms with Crippen molar-refractivity contribution in [2.24, 2.45) is 0 Å². The van der Waals surface area contributed by atoms with Crippen molar-refractivity contribution in [1.82, 2.24) is 14.9 Å². The van der Waals surface area contributed by atoms with Gasteiger partial charge in [-0.25, -0.2) is 14.8 Å². The molecule has 0 unspecified atom stereocenters. The third kappa shape index (κ3) is 4.36. The molecule has 0 bridgehead atoms. The molecule has 1 saturated heterocycles. The van der Waals surface area contributed by atoms with Crippen LogP contribution in [0.4, 0.5) is 0 Å². The molecular formula is C18H25N3O3S2. The predicted molar refractivity (Wildman–Crippen MR) is 105 cm³/mol. The van der Waals surface area contributed by atoms with Crippen LogP contribution in [-0.4, -0.2) is 58.0 Å². The van der Waals surface area contributed by atoms with E-state index in [2.05, 4.69) is 4.90 Å². The Kier molecular flexibility index (Phi) is 6.86. The highest BCUT2D eigenvalue weighted by molar-refractivity contribution is 7.99. The Bertz CT molecular complexity index is 773. The fourth-order valence-electron chi connectivity index (χ4n) is 3.17. The summed E-state index contributed by atoms with van der Waals surface area (Å²) in [6.45, 7) is 7.06. The predicted octanol–water partition coefficient (Wildman–Crippen LogP) is 3.25. The average molecular weight is 396 g/mol. The molecule has 1 fully saturated rings. The van der Waals surface area contributed by atoms with Crippen LogP contribution in [0.2, 0.25) is 0 Å². The number of fused-ring (bicyclic) bond motifs is 1. The molecule has 0 aromatic carbocycles. The number of likely N-dealkylation sites (tertiary alicyclic amines) is 1. The summed E-state index contributed by atoms with van der Waals surface area (Å²) in [6.07, 6.45) is 3.74. The van der Waals surface area contributed by atoms with Gasteiger partial charge in [0.1, 0.15) is 20.6 Å². The zero-order chi connectivity index (χ0) is 18.5. The van der Waals surface area contributed by atoms with Crippen molar-refractivity contribution in [3.05, 3.63) is 16.3 Å². The molecule has 26 heavy (non-hydrogen) atoms. The maximum Gasteiger partial charge on any atom is 0.348 e. The monoisotopic (exact) mass is 395 g/mol. The van der Waals surface area contributed by atoms with Gasteiger partial charge >= 0.3 is 5.97 Å². The van der Waals surface area contributed by atoms with E-state index in [-0.39, 0.29) is 12.6 Å². The molecule has 0 saturated carbocycles. The molecule has 0 spiro atoms. The van der Waals surface area contributed by atoms with Gasteiger partial charge in [-0.15, -0.1) is 23.1 Å². The van der Waals surface area contributed by atoms with Gasteiger partial charge in [0.05, 0.1) is 19.8 Å². The Hall–Kier alpha value is -1.22. The molecule has 1 aliphatic rings. The molecule has 3 rings (SSSR count). The summed E-state index contributed by atoms with van der Waals surface area (Å²) in [5, 5.41) is 11.0. The van der Waals surface area contributed by atoms with Crippen molar-refractivity contribution >= 4 is 39.3 Å². The van der Waals surface area contributed by atoms with Gasteiger partial charge in [0.15, 0.2) is 0 Å². The summed E-state index contributed by atoms with van der Waals surface area (Å²) in [4.78, 5) is 25.6. The topological polar surface area (TPSA) is 75.5 Å². The van der Waals surface area contributed by atoms with Crippen LogP contribution in [0, 0.1) is 6.92 Å². The van der Waals surface area contributed by atoms with Gasteiger partial charge in [-0.3, -0.25) is 4.90 Å². The Morgan fingerprint density at radius 1 is 1.31 bits per heavy atom. The number of ether oxygens (including phenoxy) is 1. The molecule has 2 aromatic heterocycles. The Balaban J connectivity index is 1.97. The number of aryl methyl sites for hydroxylation is 1. The zero-order valence-corrected chi connectivity index (χ0v) is 16.9. The number of hydrogen-bond donors (Lipinski definition) is 1. The molecule has 0 radical (unpaired) electrons. The number of nitrogens with zero attached hydrogens (tertiary/aromatic N) is 3. The Morgan fingerprint density at radius 2 is 2.08 bits per heavy atom. The smallest absolute Gasteiger partial charge is 0.348 e. The number of piperidine rings is 1. The molecule has 1 aliphatic heterocycles. The van der Waals surface area contributed by atoms with Gasteiger partial charge in [0, 0.05) is 11.1 Å². The third-order valence-electron chi connectivity index (χ3n) is 4.41. The number of esters is 1. The van der Waals surface area contributed by atoms with E-state index >= 15 is 0 Å². The second kappa shape index (κ2) is 9.12. The van der Waals surface area contributed by atoms with E-state index in [0.29, 0.717) is 17.2 Å². The van der Waals surface area contributed by atoms with Crippen molar-refractivity contribution in [1.29, 1.82) is 0 Å². The van der Waals surface area contributed by atoms with Crippen LogP contribution in [0.25, 0.3) is 10.2 Å². The number of hydrogen-bond acceptors (Lipinski definition) is 8. The molecule has 0 aliphatic carbocycles. The maximum absolute atomic E-state index is 12.2. The number of thioether (sulfide) groups is 1. The minimum atomic E-state index is -0.302. The molecule has 2 aromatic rings. The fourth-order valence-corrected chi connectivity index (χ4v) is 5.18. The van der Waals surface area contributed by atoms with E-state index in [1.807, 2.05) is 6.92 Å². The summed E-state index contributed by atoms with van der Waals surface area (Å²) in [5.74, 6) is 1.06. The normalized spacial score (nSPS) is 15.5. The first-order valence-corrected chi connectivity index (χ1v) is 10.9. The van der Waals surface area contributed by atoms with E-state index < -0.39 is 0 Å². The van der Waals surface area contributed by atoms with E-state index in [1.165, 1.54) is 42.4 Å². The molecule has 1 N–H and O–H groups in total. The number of aliphatic hydroxyl groups excluding tert-OH is 1. The van der Waals surface area contributed by atoms with Gasteiger partial charge < -0.3 is 9.84 Å². The van der Waals surface area contributed by atoms with Crippen LogP contribution in [0.15, 0.2) is 5.03 Å². The van der Waals surface area contributed by atoms with Crippen molar-refractivity contribution < 1.29 is 14.6 Å². The van der Waals surface area contributed by atoms with Crippen molar-refractivity contribution in [3.63, 3.8) is 0 Å². The quantitative estimate of drug-likeness (QED) is 0.438. The van der Waals surface area contributed by atoms with Gasteiger partial charge in [-0.2, -0.15) is 0 Å². The maximum atomic E-state index is 12.2. The fraction of sp³-hybridized carbons (Fsp3) is 0.611. The lowest BCUT2D eigenvalue weighted by molar-refractivity contribution is 0.0531. The number of thiophene rings is 1. The summed E-state index contributed by atoms with van der Waals surface area (Å²) in [7, 11) is 0. The number of carbonyl (C=O) groups excluding carboxylic acids is 1. The zero-order valence-electron chi connectivity index (χ0n) is 15.3. The van der Waals surface area contributed by atoms with Gasteiger partial charge in [-0.1, -0.05) is 6.42 Å². The summed E-state index contributed by atoms with van der Waals surface area (Å²) in [6, 6.07) is 0. The molecule has 8 heteroatoms. The van der Waals surface area contributed by atoms with E-state index in [4.69, 9.17) is 14.7 Å². The van der Waals surface area contributed by atoms with Crippen molar-refractivity contribution in [2.45, 2.75) is 44.7 Å². The highest BCUT2D eigenvalue weighted by atomic mass is 32.2. The number of aliphatic hydroxyl groups is 1. The Labute approximate surface area is 162 Å². The first-order chi connectivity index (χ1) is 12.6. The number of rotatable bonds is 7. The lowest BCUT2D eigenvalue weighted by Crippen LogP contribution is -2.29. The Morgan fingerprint density at radius 3 is 2.77 bits per heavy atom. The van der Waals surface area contributed by atoms with Crippen molar-refractivity contribution in [3.8, 4) is 0 Å². The van der Waals surface area contributed by atoms with E-state index in [9.17, 15) is 9.90 Å². The highest BCUT2D eigenvalue weighted by Crippen LogP contribution is 2.36. The second-order valence-electron chi connectivity index (χ2n) is 6.31. The van der Waals surface area contributed by atoms with E-state index in [0.717, 1.165) is 46.3 Å². The summed E-state index contributed by atoms with van der Waals surface area (Å²) >= 11 is 2.89. The van der Waals surface area contributed by atoms with Crippen LogP contribution in [-0.2, 0) is 11.3 Å². The number of aromatic nitrogens is 2. The van der Waals surface area contributed by atoms with Crippen molar-refractivity contribution in [2.75, 3.05) is 32.1 Å². The minimum absolute atomic E-state index is 0.0888. The molecule has 6 nitrogen and oxygen atoms in total. The van der Waals surface area contributed by atoms with E-state index in [1.54, 1.807) is 6.92 Å². The third-order valence-corrected chi connectivity index (χ3v) is 6.53. The molecular weight excluding hydrogens is 370 g/mol. The molecule has 3 heterocycles. The van der Waals surface area contributed by atoms with Gasteiger partial charge in [0.25, 0.3) is 0 Å². The van der Waals surface area contributed by atoms with Crippen LogP contribution in [0.5, 0.6) is 0 Å². The van der Waals surface area contributed by atoms with Crippen LogP contribution in [0.3, 0.4) is 0 Å². The first-order valence-electron chi connectivity index (χ1n) is 9.07. The largest absolute Gasteiger partial charge is 0.462 e. The summed E-state index contributed by atoms with van der Waals surface area (Å²) in [5.41, 5.74) is 0.869. The molecule has 142 valence electrons. The van der Waals surface area contributed by atoms with Gasteiger partial charge in [-0.05, 0) is 45.3 Å². The van der Waals surface area contributed by atoms with Crippen LogP contribution in [0.1, 0.15) is 47.2 Å². The minimum Gasteiger partial charge on any atom is -0.462 e. The number of carbonyl (C=O) groups is 1. The lowest BCUT2D eigenvalue weighted by Gasteiger charge is -2.25. The van der Waals surface area contributed by atoms with Crippen LogP contribution >= 0.6 is 23.1 Å². The lowest BCUT2D eigenvalue weighted by atomic mass is 10.1. The second-order valence-corrected chi connectivity index (χ2v) is 8.39. The average Bonchev–Trinajstić information content (AvgIpc) is 2.97.